The molecule has 0 spiro atoms. The predicted molar refractivity (Wildman–Crippen MR) is 114 cm³/mol. The van der Waals surface area contributed by atoms with Crippen LogP contribution in [0.15, 0.2) is 53.4 Å². The molecule has 0 saturated heterocycles. The lowest BCUT2D eigenvalue weighted by atomic mass is 9.91. The molecule has 1 heterocycles. The number of thioether (sulfide) groups is 1. The van der Waals surface area contributed by atoms with E-state index in [-0.39, 0.29) is 24.1 Å². The van der Waals surface area contributed by atoms with E-state index in [1.54, 1.807) is 43.9 Å². The van der Waals surface area contributed by atoms with Crippen LogP contribution in [0.1, 0.15) is 36.7 Å². The first kappa shape index (κ1) is 21.1. The number of benzene rings is 2. The summed E-state index contributed by atoms with van der Waals surface area (Å²) in [5.41, 5.74) is 1.95. The number of ketones is 1. The molecule has 5 nitrogen and oxygen atoms in total. The van der Waals surface area contributed by atoms with Crippen LogP contribution in [0.5, 0.6) is 0 Å². The molecule has 3 rings (SSSR count). The van der Waals surface area contributed by atoms with Gasteiger partial charge in [-0.2, -0.15) is 0 Å². The number of carbonyl (C=O) groups excluding carboxylic acids is 3. The van der Waals surface area contributed by atoms with Crippen molar-refractivity contribution in [1.82, 2.24) is 0 Å². The molecular weight excluding hydrogens is 386 g/mol. The highest BCUT2D eigenvalue weighted by molar-refractivity contribution is 8.00. The minimum atomic E-state index is -0.563. The number of anilines is 1. The number of esters is 1. The molecule has 0 N–H and O–H groups in total. The Morgan fingerprint density at radius 3 is 2.48 bits per heavy atom. The van der Waals surface area contributed by atoms with Crippen LogP contribution in [-0.2, 0) is 20.7 Å². The Morgan fingerprint density at radius 1 is 1.03 bits per heavy atom. The van der Waals surface area contributed by atoms with E-state index in [1.807, 2.05) is 30.3 Å². The van der Waals surface area contributed by atoms with Crippen LogP contribution in [0.25, 0.3) is 0 Å². The molecule has 0 bridgehead atoms. The summed E-state index contributed by atoms with van der Waals surface area (Å²) in [6, 6.07) is 14.9. The van der Waals surface area contributed by atoms with Gasteiger partial charge in [0.05, 0.1) is 11.3 Å². The standard InChI is InChI=1S/C23H25NO4S/c1-23(2,3)20(25)14-28-22(27)17-9-5-7-11-19(17)29-15-21(26)24-13-12-16-8-4-6-10-18(16)24/h4-11H,12-15H2,1-3H3. The zero-order chi connectivity index (χ0) is 21.0. The Kier molecular flexibility index (Phi) is 6.42. The van der Waals surface area contributed by atoms with Gasteiger partial charge in [-0.15, -0.1) is 11.8 Å². The number of ether oxygens (including phenoxy) is 1. The molecule has 0 unspecified atom stereocenters. The molecule has 6 heteroatoms. The smallest absolute Gasteiger partial charge is 0.339 e. The third-order valence-electron chi connectivity index (χ3n) is 4.82. The summed E-state index contributed by atoms with van der Waals surface area (Å²) >= 11 is 1.31. The summed E-state index contributed by atoms with van der Waals surface area (Å²) in [4.78, 5) is 39.7. The lowest BCUT2D eigenvalue weighted by Crippen LogP contribution is -2.30. The molecule has 1 aliphatic heterocycles. The van der Waals surface area contributed by atoms with Crippen molar-refractivity contribution in [3.8, 4) is 0 Å². The van der Waals surface area contributed by atoms with Crippen molar-refractivity contribution in [2.75, 3.05) is 23.8 Å². The van der Waals surface area contributed by atoms with Gasteiger partial charge >= 0.3 is 5.97 Å². The molecule has 0 radical (unpaired) electrons. The van der Waals surface area contributed by atoms with E-state index in [0.29, 0.717) is 17.0 Å². The maximum atomic E-state index is 12.7. The number of Topliss-reactive ketones (excluding diaryl/α,β-unsaturated/α-hetero) is 1. The number of hydrogen-bond donors (Lipinski definition) is 0. The van der Waals surface area contributed by atoms with Crippen molar-refractivity contribution in [1.29, 1.82) is 0 Å². The Hall–Kier alpha value is -2.60. The van der Waals surface area contributed by atoms with Crippen molar-refractivity contribution in [2.24, 2.45) is 5.41 Å². The average Bonchev–Trinajstić information content (AvgIpc) is 3.13. The van der Waals surface area contributed by atoms with E-state index in [0.717, 1.165) is 12.1 Å². The highest BCUT2D eigenvalue weighted by atomic mass is 32.2. The van der Waals surface area contributed by atoms with Gasteiger partial charge in [0.15, 0.2) is 12.4 Å². The first-order chi connectivity index (χ1) is 13.8. The molecule has 1 amide bonds. The molecule has 2 aromatic rings. The molecule has 0 atom stereocenters. The van der Waals surface area contributed by atoms with Crippen LogP contribution >= 0.6 is 11.8 Å². The number of nitrogens with zero attached hydrogens (tertiary/aromatic N) is 1. The van der Waals surface area contributed by atoms with Gasteiger partial charge in [-0.25, -0.2) is 4.79 Å². The van der Waals surface area contributed by atoms with E-state index >= 15 is 0 Å². The monoisotopic (exact) mass is 411 g/mol. The molecule has 152 valence electrons. The van der Waals surface area contributed by atoms with Gasteiger partial charge < -0.3 is 9.64 Å². The lowest BCUT2D eigenvalue weighted by molar-refractivity contribution is -0.129. The molecule has 2 aromatic carbocycles. The Labute approximate surface area is 175 Å². The fraction of sp³-hybridized carbons (Fsp3) is 0.348. The minimum absolute atomic E-state index is 0.00558. The van der Waals surface area contributed by atoms with Crippen molar-refractivity contribution in [3.63, 3.8) is 0 Å². The van der Waals surface area contributed by atoms with Crippen LogP contribution < -0.4 is 4.90 Å². The highest BCUT2D eigenvalue weighted by Crippen LogP contribution is 2.30. The maximum Gasteiger partial charge on any atom is 0.339 e. The summed E-state index contributed by atoms with van der Waals surface area (Å²) in [5.74, 6) is -0.464. The molecule has 0 aliphatic carbocycles. The summed E-state index contributed by atoms with van der Waals surface area (Å²) in [6.07, 6.45) is 0.858. The highest BCUT2D eigenvalue weighted by Gasteiger charge is 2.25. The number of carbonyl (C=O) groups is 3. The van der Waals surface area contributed by atoms with Crippen molar-refractivity contribution < 1.29 is 19.1 Å². The molecule has 1 aliphatic rings. The Balaban J connectivity index is 1.63. The van der Waals surface area contributed by atoms with Gasteiger partial charge in [-0.05, 0) is 30.2 Å². The van der Waals surface area contributed by atoms with Crippen molar-refractivity contribution >= 4 is 35.1 Å². The molecule has 29 heavy (non-hydrogen) atoms. The summed E-state index contributed by atoms with van der Waals surface area (Å²) in [5, 5.41) is 0. The number of rotatable bonds is 6. The van der Waals surface area contributed by atoms with E-state index in [9.17, 15) is 14.4 Å². The van der Waals surface area contributed by atoms with Gasteiger partial charge in [-0.1, -0.05) is 51.1 Å². The number of hydrogen-bond acceptors (Lipinski definition) is 5. The van der Waals surface area contributed by atoms with E-state index in [4.69, 9.17) is 4.74 Å². The molecular formula is C23H25NO4S. The first-order valence-electron chi connectivity index (χ1n) is 9.58. The fourth-order valence-electron chi connectivity index (χ4n) is 3.00. The maximum absolute atomic E-state index is 12.7. The van der Waals surface area contributed by atoms with Crippen LogP contribution in [0.3, 0.4) is 0 Å². The summed E-state index contributed by atoms with van der Waals surface area (Å²) in [7, 11) is 0. The summed E-state index contributed by atoms with van der Waals surface area (Å²) < 4.78 is 5.21. The van der Waals surface area contributed by atoms with E-state index in [1.165, 1.54) is 17.3 Å². The number of fused-ring (bicyclic) bond motifs is 1. The predicted octanol–water partition coefficient (Wildman–Crippen LogP) is 4.14. The summed E-state index contributed by atoms with van der Waals surface area (Å²) in [6.45, 7) is 5.78. The molecule has 0 fully saturated rings. The Morgan fingerprint density at radius 2 is 1.72 bits per heavy atom. The zero-order valence-corrected chi connectivity index (χ0v) is 17.8. The van der Waals surface area contributed by atoms with Gasteiger partial charge in [0, 0.05) is 22.5 Å². The van der Waals surface area contributed by atoms with Gasteiger partial charge in [0.1, 0.15) is 0 Å². The number of para-hydroxylation sites is 1. The van der Waals surface area contributed by atoms with Crippen LogP contribution in [-0.4, -0.2) is 36.6 Å². The SMILES string of the molecule is CC(C)(C)C(=O)COC(=O)c1ccccc1SCC(=O)N1CCc2ccccc21. The van der Waals surface area contributed by atoms with E-state index < -0.39 is 11.4 Å². The first-order valence-corrected chi connectivity index (χ1v) is 10.6. The normalized spacial score (nSPS) is 13.1. The molecule has 0 aromatic heterocycles. The van der Waals surface area contributed by atoms with Crippen molar-refractivity contribution in [2.45, 2.75) is 32.1 Å². The van der Waals surface area contributed by atoms with E-state index in [2.05, 4.69) is 0 Å². The topological polar surface area (TPSA) is 63.7 Å². The van der Waals surface area contributed by atoms with Gasteiger partial charge in [0.25, 0.3) is 0 Å². The van der Waals surface area contributed by atoms with Gasteiger partial charge in [-0.3, -0.25) is 9.59 Å². The second kappa shape index (κ2) is 8.82. The third-order valence-corrected chi connectivity index (χ3v) is 5.88. The Bertz CT molecular complexity index is 932. The van der Waals surface area contributed by atoms with Crippen LogP contribution in [0, 0.1) is 5.41 Å². The van der Waals surface area contributed by atoms with Crippen molar-refractivity contribution in [3.05, 3.63) is 59.7 Å². The third kappa shape index (κ3) is 5.07. The van der Waals surface area contributed by atoms with Crippen LogP contribution in [0.2, 0.25) is 0 Å². The molecule has 0 saturated carbocycles. The average molecular weight is 412 g/mol. The van der Waals surface area contributed by atoms with Gasteiger partial charge in [0.2, 0.25) is 5.91 Å². The zero-order valence-electron chi connectivity index (χ0n) is 16.9. The fourth-order valence-corrected chi connectivity index (χ4v) is 3.92. The second-order valence-electron chi connectivity index (χ2n) is 7.96. The second-order valence-corrected chi connectivity index (χ2v) is 8.98. The largest absolute Gasteiger partial charge is 0.454 e. The minimum Gasteiger partial charge on any atom is -0.454 e. The quantitative estimate of drug-likeness (QED) is 0.528. The number of amides is 1. The van der Waals surface area contributed by atoms with Crippen LogP contribution in [0.4, 0.5) is 5.69 Å². The lowest BCUT2D eigenvalue weighted by Gasteiger charge is -2.18.